The summed E-state index contributed by atoms with van der Waals surface area (Å²) in [6, 6.07) is 12.9. The normalized spacial score (nSPS) is 12.8. The molecule has 0 unspecified atom stereocenters. The molecule has 0 saturated carbocycles. The van der Waals surface area contributed by atoms with Gasteiger partial charge in [0.15, 0.2) is 0 Å². The number of rotatable bonds is 5. The van der Waals surface area contributed by atoms with Gasteiger partial charge in [-0.2, -0.15) is 0 Å². The zero-order valence-electron chi connectivity index (χ0n) is 13.8. The quantitative estimate of drug-likeness (QED) is 0.480. The molecule has 0 aliphatic heterocycles. The minimum atomic E-state index is -5.57. The molecule has 0 aliphatic carbocycles. The molecule has 0 fully saturated rings. The second-order valence-electron chi connectivity index (χ2n) is 5.80. The van der Waals surface area contributed by atoms with Crippen molar-refractivity contribution >= 4 is 10.1 Å². The maximum atomic E-state index is 12.4. The molecule has 0 aromatic heterocycles. The summed E-state index contributed by atoms with van der Waals surface area (Å²) in [4.78, 5) is 0. The molecule has 138 valence electrons. The van der Waals surface area contributed by atoms with Gasteiger partial charge in [-0.15, -0.1) is 0 Å². The minimum absolute atomic E-state index is 0.360. The van der Waals surface area contributed by atoms with E-state index >= 15 is 0 Å². The first-order valence-corrected chi connectivity index (χ1v) is 10.7. The standard InChI is InChI=1S/C17H17F3IO3S/c1-11(2)13-5-7-14(8-6-13)15-10-12(3)4-9-16(15)21-24-25(22,23)17(18,19)20/h4-11H,1-3H3/q-1. The Morgan fingerprint density at radius 3 is 2.16 bits per heavy atom. The van der Waals surface area contributed by atoms with E-state index in [-0.39, 0.29) is 0 Å². The molecule has 0 saturated heterocycles. The van der Waals surface area contributed by atoms with Crippen LogP contribution in [0, 0.1) is 10.5 Å². The Kier molecular flexibility index (Phi) is 6.16. The van der Waals surface area contributed by atoms with Gasteiger partial charge >= 0.3 is 156 Å². The van der Waals surface area contributed by atoms with Crippen LogP contribution in [-0.4, -0.2) is 13.9 Å². The molecule has 2 aromatic carbocycles. The van der Waals surface area contributed by atoms with E-state index < -0.39 is 37.2 Å². The summed E-state index contributed by atoms with van der Waals surface area (Å²) >= 11 is -1.82. The Morgan fingerprint density at radius 2 is 1.64 bits per heavy atom. The number of benzene rings is 2. The average molecular weight is 485 g/mol. The van der Waals surface area contributed by atoms with E-state index in [9.17, 15) is 21.6 Å². The molecular formula is C17H17F3IO3S-. The zero-order chi connectivity index (χ0) is 18.8. The third-order valence-electron chi connectivity index (χ3n) is 3.49. The maximum absolute atomic E-state index is 12.4. The van der Waals surface area contributed by atoms with E-state index in [2.05, 4.69) is 16.4 Å². The van der Waals surface area contributed by atoms with Gasteiger partial charge in [0, 0.05) is 0 Å². The molecular weight excluding hydrogens is 468 g/mol. The van der Waals surface area contributed by atoms with Crippen molar-refractivity contribution in [2.45, 2.75) is 32.2 Å². The first-order chi connectivity index (χ1) is 11.5. The van der Waals surface area contributed by atoms with Crippen LogP contribution in [0.2, 0.25) is 0 Å². The van der Waals surface area contributed by atoms with Crippen molar-refractivity contribution in [3.8, 4) is 11.1 Å². The summed E-state index contributed by atoms with van der Waals surface area (Å²) < 4.78 is 64.4. The van der Waals surface area contributed by atoms with Crippen LogP contribution in [0.5, 0.6) is 0 Å². The van der Waals surface area contributed by atoms with Crippen molar-refractivity contribution < 1.29 is 45.7 Å². The van der Waals surface area contributed by atoms with Gasteiger partial charge in [-0.25, -0.2) is 0 Å². The van der Waals surface area contributed by atoms with E-state index in [1.807, 2.05) is 37.3 Å². The van der Waals surface area contributed by atoms with Gasteiger partial charge in [0.1, 0.15) is 0 Å². The number of hydrogen-bond donors (Lipinski definition) is 0. The molecule has 0 atom stereocenters. The van der Waals surface area contributed by atoms with E-state index in [0.29, 0.717) is 15.1 Å². The molecule has 0 heterocycles. The van der Waals surface area contributed by atoms with Crippen molar-refractivity contribution in [1.29, 1.82) is 0 Å². The van der Waals surface area contributed by atoms with Gasteiger partial charge in [0.2, 0.25) is 0 Å². The van der Waals surface area contributed by atoms with E-state index in [1.165, 1.54) is 0 Å². The monoisotopic (exact) mass is 485 g/mol. The Hall–Kier alpha value is -1.13. The Morgan fingerprint density at radius 1 is 1.04 bits per heavy atom. The molecule has 0 spiro atoms. The number of hydrogen-bond acceptors (Lipinski definition) is 3. The molecule has 25 heavy (non-hydrogen) atoms. The Balaban J connectivity index is 2.35. The summed E-state index contributed by atoms with van der Waals surface area (Å²) in [7, 11) is -5.57. The van der Waals surface area contributed by atoms with Crippen LogP contribution in [0.4, 0.5) is 13.2 Å². The zero-order valence-corrected chi connectivity index (χ0v) is 16.7. The third-order valence-corrected chi connectivity index (χ3v) is 7.66. The predicted molar refractivity (Wildman–Crippen MR) is 85.5 cm³/mol. The van der Waals surface area contributed by atoms with Crippen LogP contribution >= 0.6 is 0 Å². The van der Waals surface area contributed by atoms with Gasteiger partial charge in [-0.3, -0.25) is 0 Å². The van der Waals surface area contributed by atoms with Gasteiger partial charge < -0.3 is 0 Å². The molecule has 8 heteroatoms. The van der Waals surface area contributed by atoms with Gasteiger partial charge in [-0.05, 0) is 0 Å². The Bertz CT molecular complexity index is 844. The van der Waals surface area contributed by atoms with Crippen molar-refractivity contribution in [2.75, 3.05) is 0 Å². The second-order valence-corrected chi connectivity index (χ2v) is 9.98. The van der Waals surface area contributed by atoms with Crippen LogP contribution in [0.15, 0.2) is 42.5 Å². The predicted octanol–water partition coefficient (Wildman–Crippen LogP) is 1.83. The Labute approximate surface area is 156 Å². The molecule has 0 bridgehead atoms. The fourth-order valence-corrected chi connectivity index (χ4v) is 5.24. The fourth-order valence-electron chi connectivity index (χ4n) is 2.09. The van der Waals surface area contributed by atoms with E-state index in [4.69, 9.17) is 0 Å². The number of alkyl halides is 3. The summed E-state index contributed by atoms with van der Waals surface area (Å²) in [6.07, 6.45) is 0. The van der Waals surface area contributed by atoms with Gasteiger partial charge in [0.25, 0.3) is 0 Å². The molecule has 0 radical (unpaired) electrons. The summed E-state index contributed by atoms with van der Waals surface area (Å²) in [6.45, 7) is 5.99. The average Bonchev–Trinajstić information content (AvgIpc) is 2.52. The summed E-state index contributed by atoms with van der Waals surface area (Å²) in [5.41, 5.74) is -1.83. The van der Waals surface area contributed by atoms with E-state index in [1.54, 1.807) is 12.1 Å². The van der Waals surface area contributed by atoms with Crippen LogP contribution in [0.3, 0.4) is 0 Å². The van der Waals surface area contributed by atoms with Crippen molar-refractivity contribution in [3.05, 3.63) is 57.2 Å². The molecule has 3 nitrogen and oxygen atoms in total. The second kappa shape index (κ2) is 7.63. The first-order valence-electron chi connectivity index (χ1n) is 7.37. The van der Waals surface area contributed by atoms with Gasteiger partial charge in [-0.1, -0.05) is 0 Å². The number of halogens is 4. The topological polar surface area (TPSA) is 43.4 Å². The van der Waals surface area contributed by atoms with Crippen molar-refractivity contribution in [3.63, 3.8) is 0 Å². The van der Waals surface area contributed by atoms with Crippen LogP contribution in [-0.2, 0) is 12.6 Å². The van der Waals surface area contributed by atoms with E-state index in [0.717, 1.165) is 16.7 Å². The SMILES string of the molecule is Cc1ccc([I-]OS(=O)(=O)C(F)(F)F)c(-c2ccc(C(C)C)cc2)c1. The first kappa shape index (κ1) is 20.2. The van der Waals surface area contributed by atoms with Crippen LogP contribution in [0.25, 0.3) is 11.1 Å². The molecule has 0 amide bonds. The molecule has 0 aliphatic rings. The van der Waals surface area contributed by atoms with Crippen molar-refractivity contribution in [1.82, 2.24) is 0 Å². The fraction of sp³-hybridized carbons (Fsp3) is 0.294. The molecule has 2 rings (SSSR count). The van der Waals surface area contributed by atoms with Gasteiger partial charge in [0.05, 0.1) is 0 Å². The summed E-state index contributed by atoms with van der Waals surface area (Å²) in [5, 5.41) is 0. The van der Waals surface area contributed by atoms with Crippen LogP contribution in [0.1, 0.15) is 30.9 Å². The van der Waals surface area contributed by atoms with Crippen molar-refractivity contribution in [2.24, 2.45) is 0 Å². The van der Waals surface area contributed by atoms with Crippen LogP contribution < -0.4 is 21.6 Å². The number of aryl methyl sites for hydroxylation is 1. The third kappa shape index (κ3) is 4.95. The molecule has 2 aromatic rings. The molecule has 0 N–H and O–H groups in total. The summed E-state index contributed by atoms with van der Waals surface area (Å²) in [5.74, 6) is 0.360.